The minimum atomic E-state index is -3.26. The van der Waals surface area contributed by atoms with E-state index in [0.717, 1.165) is 0 Å². The van der Waals surface area contributed by atoms with Crippen LogP contribution >= 0.6 is 0 Å². The Balaban J connectivity index is 3.94. The fourth-order valence-electron chi connectivity index (χ4n) is 0.519. The van der Waals surface area contributed by atoms with E-state index in [1.807, 2.05) is 20.8 Å². The molecule has 12 heavy (non-hydrogen) atoms. The fraction of sp³-hybridized carbons (Fsp3) is 1.00. The Hall–Kier alpha value is -0.130. The van der Waals surface area contributed by atoms with Gasteiger partial charge in [-0.25, -0.2) is 13.1 Å². The normalized spacial score (nSPS) is 13.3. The van der Waals surface area contributed by atoms with Crippen LogP contribution in [0.3, 0.4) is 0 Å². The Morgan fingerprint density at radius 3 is 2.17 bits per heavy atom. The lowest BCUT2D eigenvalue weighted by Crippen LogP contribution is -2.34. The molecule has 0 aromatic rings. The summed E-state index contributed by atoms with van der Waals surface area (Å²) in [6.45, 7) is 5.88. The molecule has 0 aliphatic heterocycles. The number of nitrogens with one attached hydrogen (secondary N) is 1. The van der Waals surface area contributed by atoms with Gasteiger partial charge in [0.15, 0.2) is 0 Å². The Labute approximate surface area is 74.0 Å². The first-order valence-corrected chi connectivity index (χ1v) is 5.50. The van der Waals surface area contributed by atoms with Crippen LogP contribution in [-0.2, 0) is 10.0 Å². The first-order chi connectivity index (χ1) is 5.27. The van der Waals surface area contributed by atoms with Gasteiger partial charge in [0.25, 0.3) is 0 Å². The molecule has 0 rings (SSSR count). The molecule has 0 aromatic carbocycles. The first kappa shape index (κ1) is 11.9. The van der Waals surface area contributed by atoms with Crippen molar-refractivity contribution in [3.63, 3.8) is 0 Å². The molecule has 74 valence electrons. The van der Waals surface area contributed by atoms with Crippen molar-refractivity contribution in [2.75, 3.05) is 18.9 Å². The smallest absolute Gasteiger partial charge is 0.213 e. The number of hydrogen-bond donors (Lipinski definition) is 2. The lowest BCUT2D eigenvalue weighted by atomic mass is 9.98. The molecule has 0 spiro atoms. The molecule has 0 atom stereocenters. The van der Waals surface area contributed by atoms with Gasteiger partial charge >= 0.3 is 0 Å². The second kappa shape index (κ2) is 4.20. The third-order valence-corrected chi connectivity index (χ3v) is 2.49. The van der Waals surface area contributed by atoms with Crippen molar-refractivity contribution < 1.29 is 13.5 Å². The van der Waals surface area contributed by atoms with Gasteiger partial charge in [-0.15, -0.1) is 0 Å². The average Bonchev–Trinajstić information content (AvgIpc) is 1.83. The lowest BCUT2D eigenvalue weighted by molar-refractivity contribution is 0.318. The number of aliphatic hydroxyl groups is 1. The number of aliphatic hydroxyl groups excluding tert-OH is 1. The van der Waals surface area contributed by atoms with Gasteiger partial charge in [0.1, 0.15) is 0 Å². The van der Waals surface area contributed by atoms with Crippen LogP contribution < -0.4 is 4.72 Å². The molecular weight excluding hydrogens is 178 g/mol. The summed E-state index contributed by atoms with van der Waals surface area (Å²) in [7, 11) is -3.26. The number of rotatable bonds is 4. The van der Waals surface area contributed by atoms with Gasteiger partial charge in [0.05, 0.1) is 12.4 Å². The highest BCUT2D eigenvalue weighted by molar-refractivity contribution is 7.89. The van der Waals surface area contributed by atoms with Crippen LogP contribution in [0.2, 0.25) is 0 Å². The van der Waals surface area contributed by atoms with E-state index in [1.54, 1.807) is 0 Å². The average molecular weight is 195 g/mol. The van der Waals surface area contributed by atoms with E-state index in [1.165, 1.54) is 0 Å². The second-order valence-electron chi connectivity index (χ2n) is 3.92. The zero-order valence-corrected chi connectivity index (χ0v) is 8.61. The van der Waals surface area contributed by atoms with Gasteiger partial charge in [-0.1, -0.05) is 20.8 Å². The van der Waals surface area contributed by atoms with Crippen LogP contribution in [0.5, 0.6) is 0 Å². The van der Waals surface area contributed by atoms with Crippen molar-refractivity contribution in [2.24, 2.45) is 5.41 Å². The zero-order chi connectivity index (χ0) is 9.83. The van der Waals surface area contributed by atoms with Gasteiger partial charge in [0, 0.05) is 6.54 Å². The summed E-state index contributed by atoms with van der Waals surface area (Å²) in [5.41, 5.74) is -0.0669. The maximum Gasteiger partial charge on any atom is 0.213 e. The maximum absolute atomic E-state index is 11.0. The largest absolute Gasteiger partial charge is 0.395 e. The summed E-state index contributed by atoms with van der Waals surface area (Å²) in [6, 6.07) is 0. The van der Waals surface area contributed by atoms with Gasteiger partial charge in [0.2, 0.25) is 10.0 Å². The predicted molar refractivity (Wildman–Crippen MR) is 48.3 cm³/mol. The van der Waals surface area contributed by atoms with E-state index in [2.05, 4.69) is 4.72 Å². The van der Waals surface area contributed by atoms with Gasteiger partial charge in [-0.05, 0) is 5.41 Å². The van der Waals surface area contributed by atoms with E-state index in [-0.39, 0.29) is 17.8 Å². The van der Waals surface area contributed by atoms with Crippen molar-refractivity contribution in [3.8, 4) is 0 Å². The topological polar surface area (TPSA) is 66.4 Å². The molecule has 0 aromatic heterocycles. The minimum absolute atomic E-state index is 0.0669. The quantitative estimate of drug-likeness (QED) is 0.660. The molecule has 0 radical (unpaired) electrons. The number of sulfonamides is 1. The van der Waals surface area contributed by atoms with Crippen LogP contribution in [0.25, 0.3) is 0 Å². The Bertz CT molecular complexity index is 215. The van der Waals surface area contributed by atoms with Crippen LogP contribution in [0.4, 0.5) is 0 Å². The summed E-state index contributed by atoms with van der Waals surface area (Å²) in [5, 5.41) is 8.41. The molecule has 0 bridgehead atoms. The SMILES string of the molecule is CC(C)(C)CNS(=O)(=O)CCO. The Morgan fingerprint density at radius 1 is 1.33 bits per heavy atom. The van der Waals surface area contributed by atoms with Crippen LogP contribution in [0.15, 0.2) is 0 Å². The first-order valence-electron chi connectivity index (χ1n) is 3.85. The molecule has 0 fully saturated rings. The van der Waals surface area contributed by atoms with Gasteiger partial charge in [-0.3, -0.25) is 0 Å². The van der Waals surface area contributed by atoms with Crippen molar-refractivity contribution >= 4 is 10.0 Å². The van der Waals surface area contributed by atoms with Crippen molar-refractivity contribution in [1.82, 2.24) is 4.72 Å². The highest BCUT2D eigenvalue weighted by atomic mass is 32.2. The molecular formula is C7H17NO3S. The Kier molecular flexibility index (Phi) is 4.16. The van der Waals surface area contributed by atoms with E-state index >= 15 is 0 Å². The lowest BCUT2D eigenvalue weighted by Gasteiger charge is -2.18. The highest BCUT2D eigenvalue weighted by Crippen LogP contribution is 2.10. The van der Waals surface area contributed by atoms with Gasteiger partial charge in [-0.2, -0.15) is 0 Å². The third kappa shape index (κ3) is 6.57. The molecule has 0 saturated carbocycles. The molecule has 2 N–H and O–H groups in total. The number of hydrogen-bond acceptors (Lipinski definition) is 3. The van der Waals surface area contributed by atoms with E-state index in [4.69, 9.17) is 5.11 Å². The van der Waals surface area contributed by atoms with E-state index in [9.17, 15) is 8.42 Å². The van der Waals surface area contributed by atoms with Crippen LogP contribution in [-0.4, -0.2) is 32.4 Å². The van der Waals surface area contributed by atoms with Crippen molar-refractivity contribution in [3.05, 3.63) is 0 Å². The second-order valence-corrected chi connectivity index (χ2v) is 5.85. The summed E-state index contributed by atoms with van der Waals surface area (Å²) in [4.78, 5) is 0. The monoisotopic (exact) mass is 195 g/mol. The summed E-state index contributed by atoms with van der Waals surface area (Å²) in [6.07, 6.45) is 0. The van der Waals surface area contributed by atoms with Gasteiger partial charge < -0.3 is 5.11 Å². The minimum Gasteiger partial charge on any atom is -0.395 e. The summed E-state index contributed by atoms with van der Waals surface area (Å²) in [5.74, 6) is -0.219. The molecule has 0 saturated heterocycles. The highest BCUT2D eigenvalue weighted by Gasteiger charge is 2.15. The Morgan fingerprint density at radius 2 is 1.83 bits per heavy atom. The zero-order valence-electron chi connectivity index (χ0n) is 7.79. The molecule has 0 heterocycles. The maximum atomic E-state index is 11.0. The van der Waals surface area contributed by atoms with Crippen molar-refractivity contribution in [1.29, 1.82) is 0 Å². The summed E-state index contributed by atoms with van der Waals surface area (Å²) >= 11 is 0. The molecule has 0 aliphatic carbocycles. The fourth-order valence-corrected chi connectivity index (χ4v) is 1.56. The molecule has 5 heteroatoms. The summed E-state index contributed by atoms with van der Waals surface area (Å²) < 4.78 is 24.4. The third-order valence-electron chi connectivity index (χ3n) is 1.18. The molecule has 0 unspecified atom stereocenters. The molecule has 0 aliphatic rings. The molecule has 4 nitrogen and oxygen atoms in total. The van der Waals surface area contributed by atoms with Crippen molar-refractivity contribution in [2.45, 2.75) is 20.8 Å². The van der Waals surface area contributed by atoms with E-state index in [0.29, 0.717) is 6.54 Å². The predicted octanol–water partition coefficient (Wildman–Crippen LogP) is -0.0558. The van der Waals surface area contributed by atoms with E-state index < -0.39 is 10.0 Å². The van der Waals surface area contributed by atoms with Crippen LogP contribution in [0.1, 0.15) is 20.8 Å². The standard InChI is InChI=1S/C7H17NO3S/c1-7(2,3)6-8-12(10,11)5-4-9/h8-9H,4-6H2,1-3H3. The van der Waals surface area contributed by atoms with Crippen LogP contribution in [0, 0.1) is 5.41 Å². The molecule has 0 amide bonds.